The van der Waals surface area contributed by atoms with E-state index in [2.05, 4.69) is 9.88 Å². The first-order valence-corrected chi connectivity index (χ1v) is 5.12. The molecule has 1 heterocycles. The Bertz CT molecular complexity index is 285. The number of hydrogen-bond acceptors (Lipinski definition) is 3. The minimum atomic E-state index is -0.740. The van der Waals surface area contributed by atoms with E-state index in [1.165, 1.54) is 0 Å². The Hall–Kier alpha value is -1.36. The van der Waals surface area contributed by atoms with E-state index < -0.39 is 5.97 Å². The zero-order valence-corrected chi connectivity index (χ0v) is 8.96. The predicted molar refractivity (Wildman–Crippen MR) is 56.6 cm³/mol. The van der Waals surface area contributed by atoms with E-state index in [-0.39, 0.29) is 6.42 Å². The first-order valence-electron chi connectivity index (χ1n) is 5.12. The third kappa shape index (κ3) is 4.60. The SMILES string of the molecule is CCN(CCC(=O)O)CCn1ccnc1. The maximum atomic E-state index is 10.4. The molecule has 1 rings (SSSR count). The first-order chi connectivity index (χ1) is 7.22. The Balaban J connectivity index is 2.24. The molecule has 1 N–H and O–H groups in total. The van der Waals surface area contributed by atoms with E-state index in [0.717, 1.165) is 19.6 Å². The molecule has 1 aromatic rings. The van der Waals surface area contributed by atoms with Crippen LogP contribution in [-0.2, 0) is 11.3 Å². The smallest absolute Gasteiger partial charge is 0.304 e. The standard InChI is InChI=1S/C10H17N3O2/c1-2-12(5-3-10(14)15)7-8-13-6-4-11-9-13/h4,6,9H,2-3,5,7-8H2,1H3,(H,14,15). The van der Waals surface area contributed by atoms with Gasteiger partial charge in [0.05, 0.1) is 12.7 Å². The maximum Gasteiger partial charge on any atom is 0.304 e. The number of carboxylic acids is 1. The van der Waals surface area contributed by atoms with E-state index in [1.807, 2.05) is 17.7 Å². The molecule has 0 radical (unpaired) electrons. The number of hydrogen-bond donors (Lipinski definition) is 1. The highest BCUT2D eigenvalue weighted by Gasteiger charge is 2.04. The molecule has 5 nitrogen and oxygen atoms in total. The lowest BCUT2D eigenvalue weighted by atomic mass is 10.3. The highest BCUT2D eigenvalue weighted by Crippen LogP contribution is 1.94. The average Bonchev–Trinajstić information content (AvgIpc) is 2.70. The molecule has 0 aliphatic carbocycles. The Kier molecular flexibility index (Phi) is 4.83. The fourth-order valence-electron chi connectivity index (χ4n) is 1.36. The fourth-order valence-corrected chi connectivity index (χ4v) is 1.36. The fraction of sp³-hybridized carbons (Fsp3) is 0.600. The summed E-state index contributed by atoms with van der Waals surface area (Å²) in [5.74, 6) is -0.740. The highest BCUT2D eigenvalue weighted by molar-refractivity contribution is 5.66. The zero-order chi connectivity index (χ0) is 11.1. The highest BCUT2D eigenvalue weighted by atomic mass is 16.4. The quantitative estimate of drug-likeness (QED) is 0.720. The van der Waals surface area contributed by atoms with Crippen LogP contribution in [0.2, 0.25) is 0 Å². The maximum absolute atomic E-state index is 10.4. The second-order valence-corrected chi connectivity index (χ2v) is 3.38. The Morgan fingerprint density at radius 3 is 2.87 bits per heavy atom. The number of nitrogens with zero attached hydrogens (tertiary/aromatic N) is 3. The summed E-state index contributed by atoms with van der Waals surface area (Å²) >= 11 is 0. The molecule has 0 aromatic carbocycles. The minimum Gasteiger partial charge on any atom is -0.481 e. The van der Waals surface area contributed by atoms with Crippen LogP contribution in [0.1, 0.15) is 13.3 Å². The van der Waals surface area contributed by atoms with Crippen molar-refractivity contribution in [2.45, 2.75) is 19.9 Å². The second-order valence-electron chi connectivity index (χ2n) is 3.38. The van der Waals surface area contributed by atoms with Gasteiger partial charge in [-0.15, -0.1) is 0 Å². The van der Waals surface area contributed by atoms with Gasteiger partial charge in [0.1, 0.15) is 0 Å². The van der Waals surface area contributed by atoms with Crippen LogP contribution in [0.25, 0.3) is 0 Å². The normalized spacial score (nSPS) is 10.8. The number of imidazole rings is 1. The van der Waals surface area contributed by atoms with Crippen molar-refractivity contribution >= 4 is 5.97 Å². The van der Waals surface area contributed by atoms with Crippen LogP contribution in [0.5, 0.6) is 0 Å². The summed E-state index contributed by atoms with van der Waals surface area (Å²) in [6.07, 6.45) is 5.63. The summed E-state index contributed by atoms with van der Waals surface area (Å²) in [5, 5.41) is 8.57. The predicted octanol–water partition coefficient (Wildman–Crippen LogP) is 0.680. The van der Waals surface area contributed by atoms with Crippen molar-refractivity contribution in [2.24, 2.45) is 0 Å². The van der Waals surface area contributed by atoms with Crippen molar-refractivity contribution in [3.8, 4) is 0 Å². The molecule has 0 saturated carbocycles. The van der Waals surface area contributed by atoms with Crippen LogP contribution in [0.3, 0.4) is 0 Å². The largest absolute Gasteiger partial charge is 0.481 e. The molecule has 0 unspecified atom stereocenters. The van der Waals surface area contributed by atoms with Gasteiger partial charge >= 0.3 is 5.97 Å². The number of likely N-dealkylation sites (N-methyl/N-ethyl adjacent to an activating group) is 1. The van der Waals surface area contributed by atoms with Crippen LogP contribution in [0.15, 0.2) is 18.7 Å². The van der Waals surface area contributed by atoms with Crippen LogP contribution < -0.4 is 0 Å². The molecule has 15 heavy (non-hydrogen) atoms. The summed E-state index contributed by atoms with van der Waals surface area (Å²) in [6, 6.07) is 0. The van der Waals surface area contributed by atoms with Crippen molar-refractivity contribution < 1.29 is 9.90 Å². The molecule has 1 aromatic heterocycles. The van der Waals surface area contributed by atoms with Crippen molar-refractivity contribution in [1.82, 2.24) is 14.5 Å². The molecule has 0 amide bonds. The Morgan fingerprint density at radius 1 is 1.53 bits per heavy atom. The molecule has 0 fully saturated rings. The van der Waals surface area contributed by atoms with Crippen LogP contribution >= 0.6 is 0 Å². The molecule has 5 heteroatoms. The molecule has 0 saturated heterocycles. The summed E-state index contributed by atoms with van der Waals surface area (Å²) in [6.45, 7) is 5.24. The van der Waals surface area contributed by atoms with E-state index in [9.17, 15) is 4.79 Å². The van der Waals surface area contributed by atoms with Crippen molar-refractivity contribution in [3.05, 3.63) is 18.7 Å². The van der Waals surface area contributed by atoms with Gasteiger partial charge in [-0.3, -0.25) is 4.79 Å². The Labute approximate surface area is 89.3 Å². The third-order valence-electron chi connectivity index (χ3n) is 2.32. The number of carboxylic acid groups (broad SMARTS) is 1. The lowest BCUT2D eigenvalue weighted by molar-refractivity contribution is -0.137. The van der Waals surface area contributed by atoms with Crippen molar-refractivity contribution in [1.29, 1.82) is 0 Å². The van der Waals surface area contributed by atoms with Crippen molar-refractivity contribution in [2.75, 3.05) is 19.6 Å². The minimum absolute atomic E-state index is 0.206. The number of carbonyl (C=O) groups is 1. The van der Waals surface area contributed by atoms with Crippen LogP contribution in [-0.4, -0.2) is 45.2 Å². The van der Waals surface area contributed by atoms with Gasteiger partial charge in [-0.05, 0) is 6.54 Å². The number of aliphatic carboxylic acids is 1. The van der Waals surface area contributed by atoms with Crippen LogP contribution in [0, 0.1) is 0 Å². The monoisotopic (exact) mass is 211 g/mol. The number of aromatic nitrogens is 2. The van der Waals surface area contributed by atoms with E-state index >= 15 is 0 Å². The van der Waals surface area contributed by atoms with E-state index in [4.69, 9.17) is 5.11 Å². The molecule has 0 atom stereocenters. The molecular weight excluding hydrogens is 194 g/mol. The van der Waals surface area contributed by atoms with Gasteiger partial charge in [-0.2, -0.15) is 0 Å². The summed E-state index contributed by atoms with van der Waals surface area (Å²) in [5.41, 5.74) is 0. The molecule has 84 valence electrons. The summed E-state index contributed by atoms with van der Waals surface area (Å²) < 4.78 is 1.99. The molecule has 0 bridgehead atoms. The van der Waals surface area contributed by atoms with Crippen molar-refractivity contribution in [3.63, 3.8) is 0 Å². The van der Waals surface area contributed by atoms with Gasteiger partial charge < -0.3 is 14.6 Å². The van der Waals surface area contributed by atoms with Gasteiger partial charge in [-0.1, -0.05) is 6.92 Å². The molecular formula is C10H17N3O2. The molecule has 0 spiro atoms. The Morgan fingerprint density at radius 2 is 2.33 bits per heavy atom. The van der Waals surface area contributed by atoms with Gasteiger partial charge in [0.15, 0.2) is 0 Å². The molecule has 0 aliphatic heterocycles. The lowest BCUT2D eigenvalue weighted by Gasteiger charge is -2.19. The van der Waals surface area contributed by atoms with Crippen LogP contribution in [0.4, 0.5) is 0 Å². The second kappa shape index (κ2) is 6.19. The molecule has 0 aliphatic rings. The summed E-state index contributed by atoms with van der Waals surface area (Å²) in [7, 11) is 0. The van der Waals surface area contributed by atoms with Gasteiger partial charge in [-0.25, -0.2) is 4.98 Å². The first kappa shape index (κ1) is 11.7. The van der Waals surface area contributed by atoms with E-state index in [1.54, 1.807) is 12.5 Å². The summed E-state index contributed by atoms with van der Waals surface area (Å²) in [4.78, 5) is 16.5. The van der Waals surface area contributed by atoms with Gasteiger partial charge in [0, 0.05) is 32.0 Å². The van der Waals surface area contributed by atoms with E-state index in [0.29, 0.717) is 6.54 Å². The lowest BCUT2D eigenvalue weighted by Crippen LogP contribution is -2.29. The average molecular weight is 211 g/mol. The van der Waals surface area contributed by atoms with Gasteiger partial charge in [0.2, 0.25) is 0 Å². The topological polar surface area (TPSA) is 58.4 Å². The number of rotatable bonds is 7. The van der Waals surface area contributed by atoms with Gasteiger partial charge in [0.25, 0.3) is 0 Å². The third-order valence-corrected chi connectivity index (χ3v) is 2.32. The zero-order valence-electron chi connectivity index (χ0n) is 8.96.